The Bertz CT molecular complexity index is 879. The van der Waals surface area contributed by atoms with E-state index in [2.05, 4.69) is 27.7 Å². The first-order valence-electron chi connectivity index (χ1n) is 11.4. The third-order valence-electron chi connectivity index (χ3n) is 5.67. The average Bonchev–Trinajstić information content (AvgIpc) is 2.74. The zero-order valence-electron chi connectivity index (χ0n) is 19.3. The topological polar surface area (TPSA) is 46.6 Å². The van der Waals surface area contributed by atoms with Crippen molar-refractivity contribution in [1.29, 1.82) is 0 Å². The molecular formula is C27H35NO3. The molecular weight excluding hydrogens is 386 g/mol. The van der Waals surface area contributed by atoms with Crippen molar-refractivity contribution in [1.82, 2.24) is 4.90 Å². The van der Waals surface area contributed by atoms with Crippen molar-refractivity contribution in [2.45, 2.75) is 53.6 Å². The Labute approximate surface area is 186 Å². The number of carbonyl (C=O) groups is 2. The van der Waals surface area contributed by atoms with Gasteiger partial charge in [-0.05, 0) is 54.0 Å². The number of hydrogen-bond donors (Lipinski definition) is 0. The van der Waals surface area contributed by atoms with Crippen LogP contribution in [-0.2, 0) is 17.8 Å². The number of ether oxygens (including phenoxy) is 1. The summed E-state index contributed by atoms with van der Waals surface area (Å²) in [6.45, 7) is 10.5. The number of amides is 1. The molecule has 4 nitrogen and oxygen atoms in total. The minimum absolute atomic E-state index is 0.0956. The van der Waals surface area contributed by atoms with Crippen molar-refractivity contribution in [3.63, 3.8) is 0 Å². The first kappa shape index (κ1) is 23.1. The molecule has 1 atom stereocenters. The van der Waals surface area contributed by atoms with Crippen LogP contribution in [0.1, 0.15) is 62.0 Å². The summed E-state index contributed by atoms with van der Waals surface area (Å²) in [6.07, 6.45) is 1.83. The van der Waals surface area contributed by atoms with Crippen LogP contribution in [0.15, 0.2) is 48.5 Å². The fourth-order valence-electron chi connectivity index (χ4n) is 4.22. The Kier molecular flexibility index (Phi) is 7.89. The van der Waals surface area contributed by atoms with Gasteiger partial charge in [0, 0.05) is 31.0 Å². The Morgan fingerprint density at radius 2 is 1.71 bits per heavy atom. The van der Waals surface area contributed by atoms with E-state index in [1.165, 1.54) is 0 Å². The second kappa shape index (κ2) is 10.6. The van der Waals surface area contributed by atoms with E-state index >= 15 is 0 Å². The van der Waals surface area contributed by atoms with Gasteiger partial charge in [-0.25, -0.2) is 0 Å². The van der Waals surface area contributed by atoms with Crippen LogP contribution >= 0.6 is 0 Å². The lowest BCUT2D eigenvalue weighted by Gasteiger charge is -2.29. The molecule has 3 rings (SSSR count). The van der Waals surface area contributed by atoms with Gasteiger partial charge in [0.1, 0.15) is 12.4 Å². The number of benzene rings is 2. The molecule has 1 unspecified atom stereocenters. The van der Waals surface area contributed by atoms with Gasteiger partial charge in [-0.2, -0.15) is 0 Å². The molecule has 0 aliphatic heterocycles. The van der Waals surface area contributed by atoms with E-state index in [-0.39, 0.29) is 17.6 Å². The summed E-state index contributed by atoms with van der Waals surface area (Å²) in [5.41, 5.74) is 2.89. The molecule has 0 saturated carbocycles. The standard InChI is InChI=1S/C27H35NO3/c1-19(2)16-28(17-20(3)4)26(29)15-23-11-10-22-14-24(12-13-25(22)27(23)30)31-18-21-8-6-5-7-9-21/h5-9,12-14,19-20,23H,10-11,15-18H2,1-4H3. The summed E-state index contributed by atoms with van der Waals surface area (Å²) in [6, 6.07) is 15.8. The highest BCUT2D eigenvalue weighted by molar-refractivity contribution is 6.02. The van der Waals surface area contributed by atoms with E-state index in [0.29, 0.717) is 24.9 Å². The zero-order chi connectivity index (χ0) is 22.4. The molecule has 0 N–H and O–H groups in total. The Morgan fingerprint density at radius 1 is 1.03 bits per heavy atom. The molecule has 4 heteroatoms. The molecule has 0 spiro atoms. The largest absolute Gasteiger partial charge is 0.489 e. The van der Waals surface area contributed by atoms with Crippen LogP contribution in [0.4, 0.5) is 0 Å². The number of rotatable bonds is 9. The van der Waals surface area contributed by atoms with Crippen molar-refractivity contribution < 1.29 is 14.3 Å². The molecule has 1 aliphatic carbocycles. The van der Waals surface area contributed by atoms with Crippen LogP contribution in [0, 0.1) is 17.8 Å². The number of fused-ring (bicyclic) bond motifs is 1. The highest BCUT2D eigenvalue weighted by atomic mass is 16.5. The van der Waals surface area contributed by atoms with Crippen molar-refractivity contribution in [3.05, 3.63) is 65.2 Å². The maximum Gasteiger partial charge on any atom is 0.223 e. The van der Waals surface area contributed by atoms with Gasteiger partial charge in [-0.3, -0.25) is 9.59 Å². The Hall–Kier alpha value is -2.62. The summed E-state index contributed by atoms with van der Waals surface area (Å²) in [5, 5.41) is 0. The van der Waals surface area contributed by atoms with Crippen molar-refractivity contribution in [2.75, 3.05) is 13.1 Å². The molecule has 0 bridgehead atoms. The zero-order valence-corrected chi connectivity index (χ0v) is 19.3. The van der Waals surface area contributed by atoms with E-state index in [1.54, 1.807) is 0 Å². The summed E-state index contributed by atoms with van der Waals surface area (Å²) in [5.74, 6) is 1.59. The minimum Gasteiger partial charge on any atom is -0.489 e. The van der Waals surface area contributed by atoms with Gasteiger partial charge in [0.05, 0.1) is 0 Å². The molecule has 0 aromatic heterocycles. The normalized spacial score (nSPS) is 15.8. The van der Waals surface area contributed by atoms with Crippen molar-refractivity contribution in [3.8, 4) is 5.75 Å². The van der Waals surface area contributed by atoms with Crippen molar-refractivity contribution >= 4 is 11.7 Å². The summed E-state index contributed by atoms with van der Waals surface area (Å²) >= 11 is 0. The lowest BCUT2D eigenvalue weighted by molar-refractivity contribution is -0.133. The maximum absolute atomic E-state index is 13.1. The predicted octanol–water partition coefficient (Wildman–Crippen LogP) is 5.54. The number of Topliss-reactive ketones (excluding diaryl/α,β-unsaturated/α-hetero) is 1. The second-order valence-electron chi connectivity index (χ2n) is 9.48. The second-order valence-corrected chi connectivity index (χ2v) is 9.48. The van der Waals surface area contributed by atoms with Gasteiger partial charge in [0.2, 0.25) is 5.91 Å². The predicted molar refractivity (Wildman–Crippen MR) is 124 cm³/mol. The molecule has 31 heavy (non-hydrogen) atoms. The highest BCUT2D eigenvalue weighted by Gasteiger charge is 2.31. The highest BCUT2D eigenvalue weighted by Crippen LogP contribution is 2.31. The van der Waals surface area contributed by atoms with Crippen LogP contribution in [0.2, 0.25) is 0 Å². The van der Waals surface area contributed by atoms with Crippen LogP contribution < -0.4 is 4.74 Å². The van der Waals surface area contributed by atoms with E-state index in [4.69, 9.17) is 4.74 Å². The Balaban J connectivity index is 1.63. The smallest absolute Gasteiger partial charge is 0.223 e. The van der Waals surface area contributed by atoms with E-state index in [9.17, 15) is 9.59 Å². The third kappa shape index (κ3) is 6.43. The van der Waals surface area contributed by atoms with Gasteiger partial charge in [0.25, 0.3) is 0 Å². The third-order valence-corrected chi connectivity index (χ3v) is 5.67. The minimum atomic E-state index is -0.224. The lowest BCUT2D eigenvalue weighted by atomic mass is 9.80. The fourth-order valence-corrected chi connectivity index (χ4v) is 4.22. The van der Waals surface area contributed by atoms with E-state index in [1.807, 2.05) is 53.4 Å². The maximum atomic E-state index is 13.1. The lowest BCUT2D eigenvalue weighted by Crippen LogP contribution is -2.39. The molecule has 2 aromatic carbocycles. The van der Waals surface area contributed by atoms with Gasteiger partial charge >= 0.3 is 0 Å². The van der Waals surface area contributed by atoms with Crippen LogP contribution in [-0.4, -0.2) is 29.7 Å². The van der Waals surface area contributed by atoms with Gasteiger partial charge in [-0.1, -0.05) is 58.0 Å². The van der Waals surface area contributed by atoms with Crippen LogP contribution in [0.25, 0.3) is 0 Å². The van der Waals surface area contributed by atoms with Crippen molar-refractivity contribution in [2.24, 2.45) is 17.8 Å². The van der Waals surface area contributed by atoms with Gasteiger partial charge in [0.15, 0.2) is 5.78 Å². The summed E-state index contributed by atoms with van der Waals surface area (Å²) in [7, 11) is 0. The molecule has 2 aromatic rings. The molecule has 0 radical (unpaired) electrons. The molecule has 1 aliphatic rings. The summed E-state index contributed by atoms with van der Waals surface area (Å²) < 4.78 is 5.92. The van der Waals surface area contributed by atoms with Gasteiger partial charge in [-0.15, -0.1) is 0 Å². The average molecular weight is 422 g/mol. The van der Waals surface area contributed by atoms with Gasteiger partial charge < -0.3 is 9.64 Å². The monoisotopic (exact) mass is 421 g/mol. The number of carbonyl (C=O) groups excluding carboxylic acids is 2. The van der Waals surface area contributed by atoms with Crippen LogP contribution in [0.3, 0.4) is 0 Å². The fraction of sp³-hybridized carbons (Fsp3) is 0.481. The number of aryl methyl sites for hydroxylation is 1. The van der Waals surface area contributed by atoms with Crippen LogP contribution in [0.5, 0.6) is 5.75 Å². The molecule has 1 amide bonds. The molecule has 0 fully saturated rings. The number of hydrogen-bond acceptors (Lipinski definition) is 3. The number of nitrogens with zero attached hydrogens (tertiary/aromatic N) is 1. The first-order chi connectivity index (χ1) is 14.8. The summed E-state index contributed by atoms with van der Waals surface area (Å²) in [4.78, 5) is 28.0. The SMILES string of the molecule is CC(C)CN(CC(C)C)C(=O)CC1CCc2cc(OCc3ccccc3)ccc2C1=O. The number of ketones is 1. The Morgan fingerprint density at radius 3 is 2.35 bits per heavy atom. The first-order valence-corrected chi connectivity index (χ1v) is 11.4. The van der Waals surface area contributed by atoms with E-state index in [0.717, 1.165) is 48.4 Å². The molecule has 166 valence electrons. The van der Waals surface area contributed by atoms with E-state index < -0.39 is 0 Å². The molecule has 0 heterocycles. The molecule has 0 saturated heterocycles. The quantitative estimate of drug-likeness (QED) is 0.534.